The summed E-state index contributed by atoms with van der Waals surface area (Å²) in [5.74, 6) is -0.211. The Morgan fingerprint density at radius 2 is 2.00 bits per heavy atom. The fourth-order valence-corrected chi connectivity index (χ4v) is 3.92. The molecule has 3 rings (SSSR count). The van der Waals surface area contributed by atoms with Crippen molar-refractivity contribution in [1.29, 1.82) is 0 Å². The largest absolute Gasteiger partial charge is 0.354 e. The predicted octanol–water partition coefficient (Wildman–Crippen LogP) is 0.773. The van der Waals surface area contributed by atoms with Gasteiger partial charge in [0.05, 0.1) is 4.90 Å². The number of nitrogens with one attached hydrogen (secondary N) is 3. The minimum absolute atomic E-state index is 0.0612. The van der Waals surface area contributed by atoms with Gasteiger partial charge in [-0.15, -0.1) is 0 Å². The molecule has 2 aliphatic rings. The molecule has 0 radical (unpaired) electrons. The summed E-state index contributed by atoms with van der Waals surface area (Å²) in [5.41, 5.74) is 0.228. The Morgan fingerprint density at radius 1 is 1.20 bits per heavy atom. The van der Waals surface area contributed by atoms with Crippen molar-refractivity contribution in [2.45, 2.75) is 43.0 Å². The van der Waals surface area contributed by atoms with Crippen LogP contribution in [-0.4, -0.2) is 39.4 Å². The molecule has 1 unspecified atom stereocenters. The number of hydrogen-bond acceptors (Lipinski definition) is 4. The first-order valence-electron chi connectivity index (χ1n) is 8.64. The van der Waals surface area contributed by atoms with Crippen LogP contribution in [0.15, 0.2) is 29.2 Å². The molecule has 136 valence electrons. The van der Waals surface area contributed by atoms with Gasteiger partial charge in [-0.1, -0.05) is 6.07 Å². The van der Waals surface area contributed by atoms with Crippen LogP contribution in [-0.2, 0) is 14.8 Å². The third-order valence-corrected chi connectivity index (χ3v) is 5.93. The molecule has 1 saturated carbocycles. The smallest absolute Gasteiger partial charge is 0.251 e. The second-order valence-electron chi connectivity index (χ2n) is 6.64. The summed E-state index contributed by atoms with van der Waals surface area (Å²) >= 11 is 0. The zero-order chi connectivity index (χ0) is 17.9. The summed E-state index contributed by atoms with van der Waals surface area (Å²) in [6.07, 6.45) is 4.42. The molecular weight excluding hydrogens is 342 g/mol. The van der Waals surface area contributed by atoms with Crippen molar-refractivity contribution in [2.75, 3.05) is 13.1 Å². The Kier molecular flexibility index (Phi) is 5.39. The zero-order valence-electron chi connectivity index (χ0n) is 14.0. The Bertz CT molecular complexity index is 759. The summed E-state index contributed by atoms with van der Waals surface area (Å²) < 4.78 is 27.2. The molecule has 0 spiro atoms. The molecule has 2 fully saturated rings. The highest BCUT2D eigenvalue weighted by atomic mass is 32.2. The molecule has 1 saturated heterocycles. The maximum Gasteiger partial charge on any atom is 0.251 e. The van der Waals surface area contributed by atoms with Gasteiger partial charge >= 0.3 is 0 Å². The van der Waals surface area contributed by atoms with Gasteiger partial charge in [-0.25, -0.2) is 13.1 Å². The minimum atomic E-state index is -3.63. The van der Waals surface area contributed by atoms with Crippen LogP contribution < -0.4 is 15.4 Å². The van der Waals surface area contributed by atoms with E-state index in [1.807, 2.05) is 0 Å². The molecule has 2 amide bonds. The molecule has 1 aromatic rings. The second kappa shape index (κ2) is 7.53. The maximum absolute atomic E-state index is 12.4. The molecule has 0 aromatic heterocycles. The van der Waals surface area contributed by atoms with E-state index in [1.165, 1.54) is 18.2 Å². The third-order valence-electron chi connectivity index (χ3n) is 4.51. The van der Waals surface area contributed by atoms with Crippen molar-refractivity contribution >= 4 is 21.8 Å². The van der Waals surface area contributed by atoms with Gasteiger partial charge in [0.2, 0.25) is 15.9 Å². The molecular formula is C17H23N3O4S. The molecule has 1 aliphatic heterocycles. The predicted molar refractivity (Wildman–Crippen MR) is 92.5 cm³/mol. The molecule has 3 N–H and O–H groups in total. The standard InChI is InChI=1S/C17H23N3O4S/c21-16(20-15-6-1-2-9-18-17(15)22)13-4-3-5-14(10-13)25(23,24)19-11-12-7-8-12/h3-5,10,12,15,19H,1-2,6-9,11H2,(H,18,22)(H,20,21). The van der Waals surface area contributed by atoms with E-state index in [9.17, 15) is 18.0 Å². The van der Waals surface area contributed by atoms with Gasteiger partial charge in [0.15, 0.2) is 0 Å². The Morgan fingerprint density at radius 3 is 2.76 bits per heavy atom. The van der Waals surface area contributed by atoms with Crippen molar-refractivity contribution in [3.8, 4) is 0 Å². The van der Waals surface area contributed by atoms with Gasteiger partial charge in [0, 0.05) is 18.7 Å². The quantitative estimate of drug-likeness (QED) is 0.693. The lowest BCUT2D eigenvalue weighted by atomic mass is 10.1. The van der Waals surface area contributed by atoms with Gasteiger partial charge in [-0.05, 0) is 56.2 Å². The molecule has 7 nitrogen and oxygen atoms in total. The van der Waals surface area contributed by atoms with Crippen molar-refractivity contribution in [2.24, 2.45) is 5.92 Å². The summed E-state index contributed by atoms with van der Waals surface area (Å²) in [4.78, 5) is 24.4. The van der Waals surface area contributed by atoms with E-state index in [-0.39, 0.29) is 16.4 Å². The number of carbonyl (C=O) groups is 2. The van der Waals surface area contributed by atoms with Crippen LogP contribution in [0.2, 0.25) is 0 Å². The first kappa shape index (κ1) is 17.9. The summed E-state index contributed by atoms with van der Waals surface area (Å²) in [6, 6.07) is 5.31. The number of benzene rings is 1. The van der Waals surface area contributed by atoms with Gasteiger partial charge in [-0.3, -0.25) is 9.59 Å². The van der Waals surface area contributed by atoms with E-state index in [0.29, 0.717) is 25.4 Å². The van der Waals surface area contributed by atoms with Gasteiger partial charge in [0.25, 0.3) is 5.91 Å². The Labute approximate surface area is 147 Å². The molecule has 0 bridgehead atoms. The van der Waals surface area contributed by atoms with Crippen LogP contribution in [0.4, 0.5) is 0 Å². The van der Waals surface area contributed by atoms with E-state index in [4.69, 9.17) is 0 Å². The average molecular weight is 365 g/mol. The van der Waals surface area contributed by atoms with E-state index in [0.717, 1.165) is 25.7 Å². The lowest BCUT2D eigenvalue weighted by Gasteiger charge is -2.15. The number of sulfonamides is 1. The number of hydrogen-bond donors (Lipinski definition) is 3. The fourth-order valence-electron chi connectivity index (χ4n) is 2.76. The van der Waals surface area contributed by atoms with Crippen LogP contribution in [0.3, 0.4) is 0 Å². The molecule has 1 atom stereocenters. The minimum Gasteiger partial charge on any atom is -0.354 e. The van der Waals surface area contributed by atoms with Gasteiger partial charge in [0.1, 0.15) is 6.04 Å². The molecule has 1 aliphatic carbocycles. The SMILES string of the molecule is O=C(NC1CCCCNC1=O)c1cccc(S(=O)(=O)NCC2CC2)c1. The summed E-state index contributed by atoms with van der Waals surface area (Å²) in [7, 11) is -3.63. The molecule has 8 heteroatoms. The van der Waals surface area contributed by atoms with E-state index in [2.05, 4.69) is 15.4 Å². The Balaban J connectivity index is 1.69. The second-order valence-corrected chi connectivity index (χ2v) is 8.40. The van der Waals surface area contributed by atoms with Crippen molar-refractivity contribution in [3.63, 3.8) is 0 Å². The van der Waals surface area contributed by atoms with Crippen LogP contribution in [0, 0.1) is 5.92 Å². The summed E-state index contributed by atoms with van der Waals surface area (Å²) in [6.45, 7) is 1.05. The first-order valence-corrected chi connectivity index (χ1v) is 10.1. The van der Waals surface area contributed by atoms with Crippen LogP contribution in [0.25, 0.3) is 0 Å². The van der Waals surface area contributed by atoms with Crippen LogP contribution in [0.5, 0.6) is 0 Å². The molecule has 1 heterocycles. The number of amides is 2. The zero-order valence-corrected chi connectivity index (χ0v) is 14.8. The normalized spacial score (nSPS) is 21.3. The topological polar surface area (TPSA) is 104 Å². The third kappa shape index (κ3) is 4.79. The van der Waals surface area contributed by atoms with Gasteiger partial charge < -0.3 is 10.6 Å². The molecule has 25 heavy (non-hydrogen) atoms. The van der Waals surface area contributed by atoms with Crippen LogP contribution >= 0.6 is 0 Å². The highest BCUT2D eigenvalue weighted by Crippen LogP contribution is 2.28. The lowest BCUT2D eigenvalue weighted by molar-refractivity contribution is -0.122. The van der Waals surface area contributed by atoms with Crippen LogP contribution in [0.1, 0.15) is 42.5 Å². The fraction of sp³-hybridized carbons (Fsp3) is 0.529. The Hall–Kier alpha value is -1.93. The highest BCUT2D eigenvalue weighted by molar-refractivity contribution is 7.89. The van der Waals surface area contributed by atoms with E-state index < -0.39 is 22.0 Å². The highest BCUT2D eigenvalue weighted by Gasteiger charge is 2.26. The van der Waals surface area contributed by atoms with Crippen molar-refractivity contribution in [3.05, 3.63) is 29.8 Å². The van der Waals surface area contributed by atoms with Crippen molar-refractivity contribution < 1.29 is 18.0 Å². The monoisotopic (exact) mass is 365 g/mol. The average Bonchev–Trinajstić information content (AvgIpc) is 3.43. The van der Waals surface area contributed by atoms with E-state index >= 15 is 0 Å². The molecule has 1 aromatic carbocycles. The summed E-state index contributed by atoms with van der Waals surface area (Å²) in [5, 5.41) is 5.46. The number of rotatable bonds is 6. The number of carbonyl (C=O) groups excluding carboxylic acids is 2. The first-order chi connectivity index (χ1) is 12.0. The van der Waals surface area contributed by atoms with Crippen molar-refractivity contribution in [1.82, 2.24) is 15.4 Å². The van der Waals surface area contributed by atoms with E-state index in [1.54, 1.807) is 6.07 Å². The maximum atomic E-state index is 12.4. The van der Waals surface area contributed by atoms with Gasteiger partial charge in [-0.2, -0.15) is 0 Å². The lowest BCUT2D eigenvalue weighted by Crippen LogP contribution is -2.45.